The first-order chi connectivity index (χ1) is 5.40. The van der Waals surface area contributed by atoms with Crippen molar-refractivity contribution >= 4 is 11.6 Å². The van der Waals surface area contributed by atoms with Gasteiger partial charge in [0.25, 0.3) is 0 Å². The lowest BCUT2D eigenvalue weighted by atomic mass is 10.3. The molecular weight excluding hydrogens is 166 g/mol. The molecule has 2 rings (SSSR count). The zero-order valence-corrected chi connectivity index (χ0v) is 6.47. The number of hydrogen-bond acceptors (Lipinski definition) is 3. The number of hydrogen-bond donors (Lipinski definition) is 0. The molecule has 3 nitrogen and oxygen atoms in total. The van der Waals surface area contributed by atoms with Crippen LogP contribution in [0.2, 0.25) is 0 Å². The maximum absolute atomic E-state index is 5.57. The topological polar surface area (TPSA) is 31.4 Å². The summed E-state index contributed by atoms with van der Waals surface area (Å²) in [5.41, 5.74) is 0.802. The normalized spacial score (nSPS) is 13.5. The van der Waals surface area contributed by atoms with Gasteiger partial charge in [0.15, 0.2) is 11.5 Å². The van der Waals surface area contributed by atoms with Crippen LogP contribution in [0.5, 0.6) is 11.5 Å². The van der Waals surface area contributed by atoms with Gasteiger partial charge < -0.3 is 9.47 Å². The van der Waals surface area contributed by atoms with Crippen LogP contribution < -0.4 is 9.47 Å². The van der Waals surface area contributed by atoms with E-state index < -0.39 is 0 Å². The predicted molar refractivity (Wildman–Crippen MR) is 39.9 cm³/mol. The average molecular weight is 172 g/mol. The Morgan fingerprint density at radius 2 is 2.27 bits per heavy atom. The monoisotopic (exact) mass is 171 g/mol. The lowest BCUT2D eigenvalue weighted by molar-refractivity contribution is 0.174. The summed E-state index contributed by atoms with van der Waals surface area (Å²) in [6.07, 6.45) is 1.63. The molecule has 1 aromatic rings. The SMILES string of the molecule is ClCc1cc2c(cn1)OCO2. The quantitative estimate of drug-likeness (QED) is 0.601. The average Bonchev–Trinajstić information content (AvgIpc) is 2.50. The molecule has 0 amide bonds. The summed E-state index contributed by atoms with van der Waals surface area (Å²) < 4.78 is 10.2. The number of pyridine rings is 1. The Hall–Kier alpha value is -0.960. The standard InChI is InChI=1S/C7H6ClNO2/c8-2-5-1-6-7(3-9-5)11-4-10-6/h1,3H,2,4H2. The maximum atomic E-state index is 5.57. The van der Waals surface area contributed by atoms with Gasteiger partial charge in [0.05, 0.1) is 17.8 Å². The minimum absolute atomic E-state index is 0.281. The van der Waals surface area contributed by atoms with E-state index in [2.05, 4.69) is 4.98 Å². The smallest absolute Gasteiger partial charge is 0.231 e. The van der Waals surface area contributed by atoms with Crippen LogP contribution in [-0.2, 0) is 5.88 Å². The number of aromatic nitrogens is 1. The highest BCUT2D eigenvalue weighted by molar-refractivity contribution is 6.16. The lowest BCUT2D eigenvalue weighted by Crippen LogP contribution is -1.92. The van der Waals surface area contributed by atoms with Crippen LogP contribution in [0.15, 0.2) is 12.3 Å². The van der Waals surface area contributed by atoms with E-state index in [1.165, 1.54) is 0 Å². The molecule has 0 fully saturated rings. The molecule has 0 unspecified atom stereocenters. The molecule has 0 saturated carbocycles. The van der Waals surface area contributed by atoms with Gasteiger partial charge in [-0.05, 0) is 0 Å². The third kappa shape index (κ3) is 1.12. The molecule has 0 aliphatic carbocycles. The van der Waals surface area contributed by atoms with Gasteiger partial charge in [0, 0.05) is 6.07 Å². The molecule has 0 atom stereocenters. The summed E-state index contributed by atoms with van der Waals surface area (Å²) in [5.74, 6) is 1.82. The van der Waals surface area contributed by atoms with E-state index in [0.29, 0.717) is 11.6 Å². The second-order valence-electron chi connectivity index (χ2n) is 2.16. The van der Waals surface area contributed by atoms with Crippen LogP contribution in [0, 0.1) is 0 Å². The lowest BCUT2D eigenvalue weighted by Gasteiger charge is -1.96. The number of rotatable bonds is 1. The Kier molecular flexibility index (Phi) is 1.58. The summed E-state index contributed by atoms with van der Waals surface area (Å²) in [7, 11) is 0. The molecule has 58 valence electrons. The van der Waals surface area contributed by atoms with Crippen molar-refractivity contribution < 1.29 is 9.47 Å². The van der Waals surface area contributed by atoms with Gasteiger partial charge in [-0.3, -0.25) is 4.98 Å². The van der Waals surface area contributed by atoms with E-state index in [1.54, 1.807) is 12.3 Å². The maximum Gasteiger partial charge on any atom is 0.231 e. The van der Waals surface area contributed by atoms with Crippen molar-refractivity contribution in [1.82, 2.24) is 4.98 Å². The van der Waals surface area contributed by atoms with E-state index in [9.17, 15) is 0 Å². The molecule has 0 bridgehead atoms. The fourth-order valence-electron chi connectivity index (χ4n) is 0.916. The number of nitrogens with zero attached hydrogens (tertiary/aromatic N) is 1. The number of ether oxygens (including phenoxy) is 2. The van der Waals surface area contributed by atoms with Crippen molar-refractivity contribution in [3.05, 3.63) is 18.0 Å². The minimum Gasteiger partial charge on any atom is -0.453 e. The molecule has 2 heterocycles. The molecular formula is C7H6ClNO2. The van der Waals surface area contributed by atoms with Crippen LogP contribution in [0.3, 0.4) is 0 Å². The van der Waals surface area contributed by atoms with Gasteiger partial charge >= 0.3 is 0 Å². The Labute approximate surface area is 68.9 Å². The highest BCUT2D eigenvalue weighted by Gasteiger charge is 2.13. The van der Waals surface area contributed by atoms with Crippen LogP contribution >= 0.6 is 11.6 Å². The number of fused-ring (bicyclic) bond motifs is 1. The van der Waals surface area contributed by atoms with Crippen molar-refractivity contribution in [2.75, 3.05) is 6.79 Å². The second-order valence-corrected chi connectivity index (χ2v) is 2.43. The highest BCUT2D eigenvalue weighted by Crippen LogP contribution is 2.31. The summed E-state index contributed by atoms with van der Waals surface area (Å²) in [6, 6.07) is 1.79. The zero-order valence-electron chi connectivity index (χ0n) is 5.71. The van der Waals surface area contributed by atoms with Crippen molar-refractivity contribution in [3.63, 3.8) is 0 Å². The van der Waals surface area contributed by atoms with Gasteiger partial charge in [-0.1, -0.05) is 0 Å². The Morgan fingerprint density at radius 1 is 1.45 bits per heavy atom. The van der Waals surface area contributed by atoms with Crippen LogP contribution in [0.4, 0.5) is 0 Å². The van der Waals surface area contributed by atoms with Crippen molar-refractivity contribution in [2.45, 2.75) is 5.88 Å². The Bertz CT molecular complexity index is 277. The first-order valence-corrected chi connectivity index (χ1v) is 3.74. The first-order valence-electron chi connectivity index (χ1n) is 3.20. The second kappa shape index (κ2) is 2.58. The molecule has 0 saturated heterocycles. The third-order valence-corrected chi connectivity index (χ3v) is 1.73. The van der Waals surface area contributed by atoms with Crippen LogP contribution in [-0.4, -0.2) is 11.8 Å². The van der Waals surface area contributed by atoms with Crippen molar-refractivity contribution in [2.24, 2.45) is 0 Å². The molecule has 0 N–H and O–H groups in total. The summed E-state index contributed by atoms with van der Waals surface area (Å²) in [5, 5.41) is 0. The third-order valence-electron chi connectivity index (χ3n) is 1.45. The molecule has 1 aromatic heterocycles. The van der Waals surface area contributed by atoms with Crippen LogP contribution in [0.1, 0.15) is 5.69 Å². The van der Waals surface area contributed by atoms with E-state index in [-0.39, 0.29) is 6.79 Å². The zero-order chi connectivity index (χ0) is 7.68. The van der Waals surface area contributed by atoms with Crippen molar-refractivity contribution in [1.29, 1.82) is 0 Å². The van der Waals surface area contributed by atoms with Gasteiger partial charge in [-0.15, -0.1) is 11.6 Å². The van der Waals surface area contributed by atoms with Gasteiger partial charge in [0.2, 0.25) is 6.79 Å². The minimum atomic E-state index is 0.281. The first kappa shape index (κ1) is 6.73. The van der Waals surface area contributed by atoms with E-state index in [4.69, 9.17) is 21.1 Å². The molecule has 0 aromatic carbocycles. The van der Waals surface area contributed by atoms with Gasteiger partial charge in [-0.25, -0.2) is 0 Å². The number of alkyl halides is 1. The molecule has 1 aliphatic heterocycles. The molecule has 11 heavy (non-hydrogen) atoms. The van der Waals surface area contributed by atoms with Crippen molar-refractivity contribution in [3.8, 4) is 11.5 Å². The van der Waals surface area contributed by atoms with Gasteiger partial charge in [-0.2, -0.15) is 0 Å². The molecule has 1 aliphatic rings. The summed E-state index contributed by atoms with van der Waals surface area (Å²) in [6.45, 7) is 0.281. The largest absolute Gasteiger partial charge is 0.453 e. The molecule has 4 heteroatoms. The summed E-state index contributed by atoms with van der Waals surface area (Å²) >= 11 is 5.57. The summed E-state index contributed by atoms with van der Waals surface area (Å²) in [4.78, 5) is 4.03. The fourth-order valence-corrected chi connectivity index (χ4v) is 1.06. The molecule has 0 spiro atoms. The number of halogens is 1. The Balaban J connectivity index is 2.41. The van der Waals surface area contributed by atoms with E-state index in [0.717, 1.165) is 11.4 Å². The molecule has 0 radical (unpaired) electrons. The van der Waals surface area contributed by atoms with E-state index >= 15 is 0 Å². The predicted octanol–water partition coefficient (Wildman–Crippen LogP) is 1.55. The van der Waals surface area contributed by atoms with Crippen LogP contribution in [0.25, 0.3) is 0 Å². The van der Waals surface area contributed by atoms with E-state index in [1.807, 2.05) is 0 Å². The van der Waals surface area contributed by atoms with Gasteiger partial charge in [0.1, 0.15) is 0 Å². The Morgan fingerprint density at radius 3 is 3.09 bits per heavy atom. The fraction of sp³-hybridized carbons (Fsp3) is 0.286. The highest BCUT2D eigenvalue weighted by atomic mass is 35.5.